The number of pyridine rings is 1. The Kier molecular flexibility index (Phi) is 6.34. The van der Waals surface area contributed by atoms with Gasteiger partial charge in [-0.3, -0.25) is 9.69 Å². The van der Waals surface area contributed by atoms with Crippen LogP contribution in [-0.2, 0) is 16.1 Å². The molecule has 0 saturated carbocycles. The predicted molar refractivity (Wildman–Crippen MR) is 133 cm³/mol. The average Bonchev–Trinajstić information content (AvgIpc) is 3.28. The zero-order valence-electron chi connectivity index (χ0n) is 19.7. The summed E-state index contributed by atoms with van der Waals surface area (Å²) in [5.41, 5.74) is 10.4. The third-order valence-electron chi connectivity index (χ3n) is 6.99. The molecule has 0 radical (unpaired) electrons. The summed E-state index contributed by atoms with van der Waals surface area (Å²) in [6, 6.07) is 10.3. The zero-order chi connectivity index (χ0) is 23.7. The molecule has 1 aliphatic heterocycles. The number of ether oxygens (including phenoxy) is 1. The standard InChI is InChI=1S/C26H32N6O2/c1-16-6-7-17(2)22(21(16)24(27)33)29-20-8-9-28-26-23(20)30-25(31-26)19-5-3-4-18(14-19)15-32-10-12-34-13-11-32/h3-9,14,16-17,21-22H,10-13,15H2,1-2H3,(H2,27,33)(H2,28,29,30,31)/t16-,17+,21-,22+/m0/s1. The number of morpholine rings is 1. The number of carbonyl (C=O) groups excluding carboxylic acids is 1. The molecular formula is C26H32N6O2. The Morgan fingerprint density at radius 1 is 1.21 bits per heavy atom. The molecular weight excluding hydrogens is 428 g/mol. The number of nitrogens with two attached hydrogens (primary N) is 1. The summed E-state index contributed by atoms with van der Waals surface area (Å²) in [6.45, 7) is 8.51. The largest absolute Gasteiger partial charge is 0.379 e. The fraction of sp³-hybridized carbons (Fsp3) is 0.423. The molecule has 2 aromatic heterocycles. The molecule has 0 bridgehead atoms. The van der Waals surface area contributed by atoms with Gasteiger partial charge in [0.25, 0.3) is 0 Å². The van der Waals surface area contributed by atoms with Gasteiger partial charge in [0.15, 0.2) is 5.65 Å². The third kappa shape index (κ3) is 4.56. The number of nitrogens with zero attached hydrogens (tertiary/aromatic N) is 3. The van der Waals surface area contributed by atoms with Crippen molar-refractivity contribution in [2.45, 2.75) is 26.4 Å². The Bertz CT molecular complexity index is 1200. The molecule has 3 aromatic rings. The van der Waals surface area contributed by atoms with Gasteiger partial charge in [0.05, 0.1) is 24.8 Å². The van der Waals surface area contributed by atoms with E-state index in [0.29, 0.717) is 5.65 Å². The number of hydrogen-bond acceptors (Lipinski definition) is 6. The number of benzene rings is 1. The van der Waals surface area contributed by atoms with E-state index in [1.54, 1.807) is 6.20 Å². The molecule has 1 amide bonds. The summed E-state index contributed by atoms with van der Waals surface area (Å²) in [4.78, 5) is 27.4. The Labute approximate surface area is 199 Å². The van der Waals surface area contributed by atoms with Crippen LogP contribution in [0.5, 0.6) is 0 Å². The summed E-state index contributed by atoms with van der Waals surface area (Å²) < 4.78 is 5.46. The van der Waals surface area contributed by atoms with Crippen LogP contribution in [0.3, 0.4) is 0 Å². The number of carbonyl (C=O) groups is 1. The summed E-state index contributed by atoms with van der Waals surface area (Å²) in [5, 5.41) is 3.58. The van der Waals surface area contributed by atoms with Gasteiger partial charge in [0.1, 0.15) is 11.3 Å². The number of aromatic nitrogens is 3. The minimum atomic E-state index is -0.289. The first-order chi connectivity index (χ1) is 16.5. The zero-order valence-corrected chi connectivity index (χ0v) is 19.7. The Morgan fingerprint density at radius 3 is 2.79 bits per heavy atom. The van der Waals surface area contributed by atoms with Crippen molar-refractivity contribution in [1.29, 1.82) is 0 Å². The van der Waals surface area contributed by atoms with Crippen molar-refractivity contribution in [1.82, 2.24) is 19.9 Å². The minimum absolute atomic E-state index is 0.0788. The van der Waals surface area contributed by atoms with Crippen LogP contribution in [0.4, 0.5) is 5.69 Å². The van der Waals surface area contributed by atoms with Crippen molar-refractivity contribution >= 4 is 22.8 Å². The van der Waals surface area contributed by atoms with Crippen molar-refractivity contribution in [3.8, 4) is 11.4 Å². The number of fused-ring (bicyclic) bond motifs is 1. The Balaban J connectivity index is 1.42. The van der Waals surface area contributed by atoms with Crippen molar-refractivity contribution < 1.29 is 9.53 Å². The highest BCUT2D eigenvalue weighted by Gasteiger charge is 2.36. The first kappa shape index (κ1) is 22.6. The highest BCUT2D eigenvalue weighted by molar-refractivity contribution is 5.88. The number of rotatable bonds is 6. The van der Waals surface area contributed by atoms with E-state index in [1.807, 2.05) is 13.0 Å². The molecule has 8 heteroatoms. The minimum Gasteiger partial charge on any atom is -0.379 e. The third-order valence-corrected chi connectivity index (χ3v) is 6.99. The molecule has 8 nitrogen and oxygen atoms in total. The molecule has 2 aliphatic rings. The van der Waals surface area contributed by atoms with E-state index in [-0.39, 0.29) is 29.7 Å². The Morgan fingerprint density at radius 2 is 2.00 bits per heavy atom. The van der Waals surface area contributed by atoms with E-state index in [2.05, 4.69) is 63.5 Å². The molecule has 1 saturated heterocycles. The lowest BCUT2D eigenvalue weighted by molar-refractivity contribution is -0.123. The number of aromatic amines is 1. The van der Waals surface area contributed by atoms with Gasteiger partial charge in [-0.1, -0.05) is 44.2 Å². The topological polar surface area (TPSA) is 109 Å². The summed E-state index contributed by atoms with van der Waals surface area (Å²) in [6.07, 6.45) is 5.98. The normalized spacial score (nSPS) is 25.5. The summed E-state index contributed by atoms with van der Waals surface area (Å²) >= 11 is 0. The van der Waals surface area contributed by atoms with Gasteiger partial charge >= 0.3 is 0 Å². The Hall–Kier alpha value is -3.23. The summed E-state index contributed by atoms with van der Waals surface area (Å²) in [7, 11) is 0. The van der Waals surface area contributed by atoms with E-state index in [1.165, 1.54) is 5.56 Å². The number of primary amides is 1. The maximum Gasteiger partial charge on any atom is 0.223 e. The van der Waals surface area contributed by atoms with E-state index in [9.17, 15) is 4.79 Å². The van der Waals surface area contributed by atoms with Crippen LogP contribution in [0.15, 0.2) is 48.7 Å². The van der Waals surface area contributed by atoms with Crippen molar-refractivity contribution in [3.63, 3.8) is 0 Å². The van der Waals surface area contributed by atoms with Crippen LogP contribution in [0, 0.1) is 17.8 Å². The van der Waals surface area contributed by atoms with Gasteiger partial charge in [0.2, 0.25) is 5.91 Å². The molecule has 1 aromatic carbocycles. The summed E-state index contributed by atoms with van der Waals surface area (Å²) in [5.74, 6) is 0.444. The van der Waals surface area contributed by atoms with E-state index < -0.39 is 0 Å². The number of H-pyrrole nitrogens is 1. The van der Waals surface area contributed by atoms with Crippen LogP contribution in [0.1, 0.15) is 19.4 Å². The molecule has 178 valence electrons. The number of amides is 1. The van der Waals surface area contributed by atoms with Gasteiger partial charge in [-0.15, -0.1) is 0 Å². The molecule has 5 rings (SSSR count). The maximum atomic E-state index is 12.2. The molecule has 4 N–H and O–H groups in total. The SMILES string of the molecule is C[C@@H]1C=C[C@H](C)[C@H](C(N)=O)[C@@H]1Nc1ccnc2nc(-c3cccc(CN4CCOCC4)c3)[nH]c12. The molecule has 1 fully saturated rings. The first-order valence-electron chi connectivity index (χ1n) is 12.0. The van der Waals surface area contributed by atoms with Gasteiger partial charge < -0.3 is 20.8 Å². The molecule has 0 spiro atoms. The lowest BCUT2D eigenvalue weighted by atomic mass is 9.75. The number of nitrogens with one attached hydrogen (secondary N) is 2. The average molecular weight is 461 g/mol. The van der Waals surface area contributed by atoms with Crippen LogP contribution < -0.4 is 11.1 Å². The highest BCUT2D eigenvalue weighted by atomic mass is 16.5. The van der Waals surface area contributed by atoms with Crippen LogP contribution in [0.2, 0.25) is 0 Å². The van der Waals surface area contributed by atoms with Gasteiger partial charge in [0, 0.05) is 37.4 Å². The van der Waals surface area contributed by atoms with Crippen molar-refractivity contribution in [2.75, 3.05) is 31.6 Å². The molecule has 1 aliphatic carbocycles. The molecule has 34 heavy (non-hydrogen) atoms. The predicted octanol–water partition coefficient (Wildman–Crippen LogP) is 3.18. The second kappa shape index (κ2) is 9.56. The van der Waals surface area contributed by atoms with Gasteiger partial charge in [-0.25, -0.2) is 9.97 Å². The van der Waals surface area contributed by atoms with Crippen molar-refractivity contribution in [2.24, 2.45) is 23.5 Å². The lowest BCUT2D eigenvalue weighted by Crippen LogP contribution is -2.46. The fourth-order valence-corrected chi connectivity index (χ4v) is 5.08. The van der Waals surface area contributed by atoms with Crippen LogP contribution in [-0.4, -0.2) is 58.1 Å². The lowest BCUT2D eigenvalue weighted by Gasteiger charge is -2.36. The quantitative estimate of drug-likeness (QED) is 0.488. The van der Waals surface area contributed by atoms with Crippen molar-refractivity contribution in [3.05, 3.63) is 54.2 Å². The monoisotopic (exact) mass is 460 g/mol. The molecule has 3 heterocycles. The van der Waals surface area contributed by atoms with E-state index >= 15 is 0 Å². The van der Waals surface area contributed by atoms with Gasteiger partial charge in [-0.05, 0) is 29.5 Å². The smallest absolute Gasteiger partial charge is 0.223 e. The fourth-order valence-electron chi connectivity index (χ4n) is 5.08. The maximum absolute atomic E-state index is 12.2. The first-order valence-corrected chi connectivity index (χ1v) is 12.0. The number of allylic oxidation sites excluding steroid dienone is 1. The second-order valence-corrected chi connectivity index (χ2v) is 9.43. The van der Waals surface area contributed by atoms with Crippen LogP contribution in [0.25, 0.3) is 22.6 Å². The van der Waals surface area contributed by atoms with E-state index in [4.69, 9.17) is 15.5 Å². The molecule has 4 atom stereocenters. The number of imidazole rings is 1. The number of anilines is 1. The van der Waals surface area contributed by atoms with E-state index in [0.717, 1.165) is 55.4 Å². The number of hydrogen-bond donors (Lipinski definition) is 3. The van der Waals surface area contributed by atoms with Gasteiger partial charge in [-0.2, -0.15) is 0 Å². The second-order valence-electron chi connectivity index (χ2n) is 9.43. The van der Waals surface area contributed by atoms with Crippen LogP contribution >= 0.6 is 0 Å². The highest BCUT2D eigenvalue weighted by Crippen LogP contribution is 2.33. The molecule has 0 unspecified atom stereocenters.